The number of nitrogens with one attached hydrogen (secondary N) is 1. The molecule has 0 bridgehead atoms. The fourth-order valence-electron chi connectivity index (χ4n) is 5.12. The van der Waals surface area contributed by atoms with E-state index in [-0.39, 0.29) is 11.9 Å². The standard InChI is InChI=1S/C29H30FN5O3/c1-31-17-21-14-20(3-5-27(21)38-22-6-10-36-11-7-22)28-23-16-25(34-29(23)33-18-32-28)19-2-4-26(24(30)15-19)35-8-12-37-13-9-35/h2-5,14-16,18,22H,1,6-13,17H2,(H,32,33,34). The van der Waals surface area contributed by atoms with Crippen LogP contribution in [0.5, 0.6) is 5.75 Å². The van der Waals surface area contributed by atoms with Gasteiger partial charge in [-0.15, -0.1) is 0 Å². The van der Waals surface area contributed by atoms with Crippen LogP contribution >= 0.6 is 0 Å². The van der Waals surface area contributed by atoms with E-state index in [0.717, 1.165) is 52.1 Å². The first-order chi connectivity index (χ1) is 18.7. The number of aliphatic imine (C=N–C) groups is 1. The van der Waals surface area contributed by atoms with Crippen molar-refractivity contribution in [3.8, 4) is 28.3 Å². The van der Waals surface area contributed by atoms with Crippen LogP contribution in [0.25, 0.3) is 33.5 Å². The lowest BCUT2D eigenvalue weighted by molar-refractivity contribution is 0.0252. The Hall–Kier alpha value is -3.82. The average molecular weight is 516 g/mol. The van der Waals surface area contributed by atoms with Crippen LogP contribution in [-0.4, -0.2) is 67.3 Å². The lowest BCUT2D eigenvalue weighted by atomic mass is 10.0. The van der Waals surface area contributed by atoms with Crippen molar-refractivity contribution in [3.63, 3.8) is 0 Å². The number of halogens is 1. The Morgan fingerprint density at radius 1 is 1.00 bits per heavy atom. The van der Waals surface area contributed by atoms with Crippen molar-refractivity contribution in [2.24, 2.45) is 4.99 Å². The SMILES string of the molecule is C=NCc1cc(-c2ncnc3[nH]c(-c4ccc(N5CCOCC5)c(F)c4)cc23)ccc1OC1CCOCC1. The number of benzene rings is 2. The van der Waals surface area contributed by atoms with Gasteiger partial charge >= 0.3 is 0 Å². The van der Waals surface area contributed by atoms with E-state index in [0.29, 0.717) is 57.4 Å². The highest BCUT2D eigenvalue weighted by atomic mass is 19.1. The van der Waals surface area contributed by atoms with Gasteiger partial charge in [0, 0.05) is 53.7 Å². The quantitative estimate of drug-likeness (QED) is 0.348. The summed E-state index contributed by atoms with van der Waals surface area (Å²) >= 11 is 0. The number of fused-ring (bicyclic) bond motifs is 1. The lowest BCUT2D eigenvalue weighted by Crippen LogP contribution is -2.36. The van der Waals surface area contributed by atoms with Crippen LogP contribution < -0.4 is 9.64 Å². The number of hydrogen-bond donors (Lipinski definition) is 1. The number of anilines is 1. The van der Waals surface area contributed by atoms with E-state index >= 15 is 4.39 Å². The summed E-state index contributed by atoms with van der Waals surface area (Å²) in [6.07, 6.45) is 3.41. The van der Waals surface area contributed by atoms with E-state index in [9.17, 15) is 0 Å². The topological polar surface area (TPSA) is 84.9 Å². The summed E-state index contributed by atoms with van der Waals surface area (Å²) in [6, 6.07) is 13.3. The van der Waals surface area contributed by atoms with Crippen LogP contribution in [-0.2, 0) is 16.0 Å². The number of H-pyrrole nitrogens is 1. The van der Waals surface area contributed by atoms with Crippen molar-refractivity contribution in [2.45, 2.75) is 25.5 Å². The average Bonchev–Trinajstić information content (AvgIpc) is 3.40. The number of aromatic amines is 1. The van der Waals surface area contributed by atoms with Gasteiger partial charge in [-0.2, -0.15) is 0 Å². The zero-order chi connectivity index (χ0) is 25.9. The first kappa shape index (κ1) is 24.5. The molecule has 0 atom stereocenters. The maximum atomic E-state index is 15.1. The summed E-state index contributed by atoms with van der Waals surface area (Å²) in [4.78, 5) is 18.5. The zero-order valence-electron chi connectivity index (χ0n) is 21.2. The molecule has 9 heteroatoms. The molecule has 38 heavy (non-hydrogen) atoms. The van der Waals surface area contributed by atoms with Crippen molar-refractivity contribution < 1.29 is 18.6 Å². The van der Waals surface area contributed by atoms with Gasteiger partial charge in [-0.05, 0) is 43.1 Å². The molecule has 4 aromatic rings. The molecule has 2 aromatic heterocycles. The minimum atomic E-state index is -0.254. The maximum Gasteiger partial charge on any atom is 0.147 e. The first-order valence-corrected chi connectivity index (χ1v) is 13.0. The monoisotopic (exact) mass is 515 g/mol. The molecule has 1 N–H and O–H groups in total. The predicted molar refractivity (Wildman–Crippen MR) is 145 cm³/mol. The summed E-state index contributed by atoms with van der Waals surface area (Å²) < 4.78 is 32.2. The Kier molecular flexibility index (Phi) is 7.02. The number of nitrogens with zero attached hydrogens (tertiary/aromatic N) is 4. The molecule has 8 nitrogen and oxygen atoms in total. The van der Waals surface area contributed by atoms with Gasteiger partial charge in [-0.1, -0.05) is 6.07 Å². The highest BCUT2D eigenvalue weighted by molar-refractivity contribution is 5.94. The fraction of sp³-hybridized carbons (Fsp3) is 0.345. The summed E-state index contributed by atoms with van der Waals surface area (Å²) in [6.45, 7) is 8.13. The molecule has 0 unspecified atom stereocenters. The third-order valence-corrected chi connectivity index (χ3v) is 7.11. The summed E-state index contributed by atoms with van der Waals surface area (Å²) in [7, 11) is 0. The molecule has 4 heterocycles. The molecule has 2 aliphatic heterocycles. The second-order valence-corrected chi connectivity index (χ2v) is 9.57. The normalized spacial score (nSPS) is 16.6. The summed E-state index contributed by atoms with van der Waals surface area (Å²) in [5, 5.41) is 0.857. The molecule has 2 aliphatic rings. The third kappa shape index (κ3) is 4.99. The second-order valence-electron chi connectivity index (χ2n) is 9.57. The minimum Gasteiger partial charge on any atom is -0.490 e. The molecule has 0 spiro atoms. The van der Waals surface area contributed by atoms with E-state index < -0.39 is 0 Å². The Bertz CT molecular complexity index is 1440. The van der Waals surface area contributed by atoms with E-state index in [2.05, 4.69) is 32.7 Å². The van der Waals surface area contributed by atoms with Gasteiger partial charge in [0.1, 0.15) is 29.6 Å². The fourth-order valence-corrected chi connectivity index (χ4v) is 5.12. The van der Waals surface area contributed by atoms with Gasteiger partial charge in [-0.3, -0.25) is 4.99 Å². The van der Waals surface area contributed by atoms with E-state index in [4.69, 9.17) is 14.2 Å². The molecule has 6 rings (SSSR count). The lowest BCUT2D eigenvalue weighted by Gasteiger charge is -2.29. The first-order valence-electron chi connectivity index (χ1n) is 13.0. The largest absolute Gasteiger partial charge is 0.490 e. The van der Waals surface area contributed by atoms with Crippen LogP contribution in [0, 0.1) is 5.82 Å². The molecule has 0 amide bonds. The summed E-state index contributed by atoms with van der Waals surface area (Å²) in [5.41, 5.74) is 5.48. The van der Waals surface area contributed by atoms with E-state index in [1.807, 2.05) is 35.2 Å². The molecule has 0 radical (unpaired) electrons. The Morgan fingerprint density at radius 2 is 1.79 bits per heavy atom. The van der Waals surface area contributed by atoms with Crippen molar-refractivity contribution >= 4 is 23.4 Å². The van der Waals surface area contributed by atoms with Crippen LogP contribution in [0.3, 0.4) is 0 Å². The van der Waals surface area contributed by atoms with Crippen molar-refractivity contribution in [2.75, 3.05) is 44.4 Å². The van der Waals surface area contributed by atoms with Gasteiger partial charge in [0.05, 0.1) is 44.4 Å². The molecule has 196 valence electrons. The maximum absolute atomic E-state index is 15.1. The number of morpholine rings is 1. The molecule has 2 fully saturated rings. The predicted octanol–water partition coefficient (Wildman–Crippen LogP) is 5.03. The van der Waals surface area contributed by atoms with Crippen LogP contribution in [0.2, 0.25) is 0 Å². The van der Waals surface area contributed by atoms with Gasteiger partial charge < -0.3 is 24.1 Å². The molecule has 0 saturated carbocycles. The number of ether oxygens (including phenoxy) is 3. The zero-order valence-corrected chi connectivity index (χ0v) is 21.2. The number of hydrogen-bond acceptors (Lipinski definition) is 7. The molecule has 0 aliphatic carbocycles. The summed E-state index contributed by atoms with van der Waals surface area (Å²) in [5.74, 6) is 0.556. The third-order valence-electron chi connectivity index (χ3n) is 7.11. The molecule has 2 aromatic carbocycles. The van der Waals surface area contributed by atoms with Gasteiger partial charge in [0.2, 0.25) is 0 Å². The molecule has 2 saturated heterocycles. The highest BCUT2D eigenvalue weighted by Gasteiger charge is 2.19. The van der Waals surface area contributed by atoms with Crippen molar-refractivity contribution in [1.82, 2.24) is 15.0 Å². The second kappa shape index (κ2) is 10.9. The molecular formula is C29H30FN5O3. The van der Waals surface area contributed by atoms with E-state index in [1.165, 1.54) is 6.33 Å². The van der Waals surface area contributed by atoms with Crippen LogP contribution in [0.1, 0.15) is 18.4 Å². The van der Waals surface area contributed by atoms with Gasteiger partial charge in [-0.25, -0.2) is 14.4 Å². The Balaban J connectivity index is 1.31. The molecular weight excluding hydrogens is 485 g/mol. The minimum absolute atomic E-state index is 0.131. The Morgan fingerprint density at radius 3 is 2.58 bits per heavy atom. The number of rotatable bonds is 7. The number of aromatic nitrogens is 3. The van der Waals surface area contributed by atoms with Crippen LogP contribution in [0.15, 0.2) is 53.8 Å². The van der Waals surface area contributed by atoms with Crippen LogP contribution in [0.4, 0.5) is 10.1 Å². The van der Waals surface area contributed by atoms with Gasteiger partial charge in [0.25, 0.3) is 0 Å². The Labute approximate surface area is 220 Å². The van der Waals surface area contributed by atoms with E-state index in [1.54, 1.807) is 6.07 Å². The highest BCUT2D eigenvalue weighted by Crippen LogP contribution is 2.34. The van der Waals surface area contributed by atoms with Crippen molar-refractivity contribution in [1.29, 1.82) is 0 Å². The van der Waals surface area contributed by atoms with Crippen molar-refractivity contribution in [3.05, 3.63) is 60.2 Å². The smallest absolute Gasteiger partial charge is 0.147 e. The van der Waals surface area contributed by atoms with Gasteiger partial charge in [0.15, 0.2) is 0 Å².